The quantitative estimate of drug-likeness (QED) is 0.725. The summed E-state index contributed by atoms with van der Waals surface area (Å²) in [4.78, 5) is 27.1. The van der Waals surface area contributed by atoms with Crippen LogP contribution in [0.4, 0.5) is 0 Å². The number of nitrogens with zero attached hydrogens (tertiary/aromatic N) is 2. The molecule has 1 aromatic carbocycles. The Labute approximate surface area is 169 Å². The number of likely N-dealkylation sites (tertiary alicyclic amines) is 1. The summed E-state index contributed by atoms with van der Waals surface area (Å²) < 4.78 is 13.2. The van der Waals surface area contributed by atoms with Gasteiger partial charge in [-0.1, -0.05) is 18.5 Å². The minimum Gasteiger partial charge on any atom is -0.486 e. The van der Waals surface area contributed by atoms with Crippen molar-refractivity contribution in [2.75, 3.05) is 19.7 Å². The van der Waals surface area contributed by atoms with E-state index in [1.807, 2.05) is 34.6 Å². The molecule has 1 unspecified atom stereocenters. The summed E-state index contributed by atoms with van der Waals surface area (Å²) in [6.07, 6.45) is 2.17. The molecule has 7 heteroatoms. The minimum atomic E-state index is -0.155. The Balaban J connectivity index is 1.60. The van der Waals surface area contributed by atoms with Gasteiger partial charge in [0.25, 0.3) is 5.91 Å². The average molecular weight is 405 g/mol. The first-order valence-corrected chi connectivity index (χ1v) is 10.4. The molecule has 1 saturated heterocycles. The van der Waals surface area contributed by atoms with Crippen LogP contribution in [0.2, 0.25) is 5.02 Å². The summed E-state index contributed by atoms with van der Waals surface area (Å²) in [7, 11) is 0. The van der Waals surface area contributed by atoms with E-state index in [0.717, 1.165) is 23.1 Å². The molecule has 2 aromatic rings. The number of ether oxygens (including phenoxy) is 2. The number of hydrogen-bond donors (Lipinski definition) is 0. The van der Waals surface area contributed by atoms with Crippen LogP contribution in [0.5, 0.6) is 5.75 Å². The van der Waals surface area contributed by atoms with Crippen molar-refractivity contribution in [3.8, 4) is 5.75 Å². The van der Waals surface area contributed by atoms with E-state index in [9.17, 15) is 9.59 Å². The van der Waals surface area contributed by atoms with Gasteiger partial charge in [0.15, 0.2) is 0 Å². The molecule has 1 fully saturated rings. The van der Waals surface area contributed by atoms with Gasteiger partial charge in [-0.15, -0.1) is 0 Å². The van der Waals surface area contributed by atoms with Gasteiger partial charge in [0.2, 0.25) is 0 Å². The molecule has 3 heterocycles. The second-order valence-electron chi connectivity index (χ2n) is 7.41. The van der Waals surface area contributed by atoms with E-state index in [4.69, 9.17) is 21.1 Å². The highest BCUT2D eigenvalue weighted by atomic mass is 35.5. The zero-order chi connectivity index (χ0) is 19.8. The van der Waals surface area contributed by atoms with E-state index in [1.165, 1.54) is 0 Å². The highest BCUT2D eigenvalue weighted by molar-refractivity contribution is 6.36. The molecule has 2 aliphatic rings. The summed E-state index contributed by atoms with van der Waals surface area (Å²) in [5.41, 5.74) is 1.53. The highest BCUT2D eigenvalue weighted by Crippen LogP contribution is 2.38. The minimum absolute atomic E-state index is 0.0164. The van der Waals surface area contributed by atoms with Gasteiger partial charge in [-0.25, -0.2) is 0 Å². The number of carbonyl (C=O) groups is 2. The van der Waals surface area contributed by atoms with Crippen molar-refractivity contribution in [3.63, 3.8) is 0 Å². The van der Waals surface area contributed by atoms with Gasteiger partial charge < -0.3 is 18.9 Å². The Morgan fingerprint density at radius 3 is 2.68 bits per heavy atom. The smallest absolute Gasteiger partial charge is 0.309 e. The Morgan fingerprint density at radius 2 is 2.00 bits per heavy atom. The predicted molar refractivity (Wildman–Crippen MR) is 107 cm³/mol. The molecule has 2 aliphatic heterocycles. The molecular weight excluding hydrogens is 380 g/mol. The molecule has 1 aromatic heterocycles. The topological polar surface area (TPSA) is 60.8 Å². The maximum absolute atomic E-state index is 13.3. The number of benzene rings is 1. The van der Waals surface area contributed by atoms with Gasteiger partial charge >= 0.3 is 5.97 Å². The monoisotopic (exact) mass is 404 g/mol. The number of hydrogen-bond acceptors (Lipinski definition) is 4. The molecule has 0 bridgehead atoms. The molecule has 28 heavy (non-hydrogen) atoms. The molecule has 6 nitrogen and oxygen atoms in total. The van der Waals surface area contributed by atoms with Gasteiger partial charge in [0, 0.05) is 18.5 Å². The number of aromatic nitrogens is 1. The van der Waals surface area contributed by atoms with E-state index in [2.05, 4.69) is 6.92 Å². The zero-order valence-corrected chi connectivity index (χ0v) is 17.0. The molecule has 150 valence electrons. The highest BCUT2D eigenvalue weighted by Gasteiger charge is 2.32. The lowest BCUT2D eigenvalue weighted by Crippen LogP contribution is -2.41. The van der Waals surface area contributed by atoms with E-state index in [0.29, 0.717) is 49.8 Å². The van der Waals surface area contributed by atoms with Crippen LogP contribution in [0.25, 0.3) is 10.9 Å². The lowest BCUT2D eigenvalue weighted by molar-refractivity contribution is -0.149. The molecule has 1 atom stereocenters. The average Bonchev–Trinajstić information content (AvgIpc) is 3.11. The molecule has 0 spiro atoms. The molecule has 0 N–H and O–H groups in total. The summed E-state index contributed by atoms with van der Waals surface area (Å²) >= 11 is 6.39. The Kier molecular flexibility index (Phi) is 5.23. The normalized spacial score (nSPS) is 19.5. The third-order valence-electron chi connectivity index (χ3n) is 5.73. The predicted octanol–water partition coefficient (Wildman–Crippen LogP) is 3.88. The van der Waals surface area contributed by atoms with Crippen molar-refractivity contribution in [1.82, 2.24) is 9.47 Å². The fourth-order valence-electron chi connectivity index (χ4n) is 4.15. The number of esters is 1. The van der Waals surface area contributed by atoms with Crippen LogP contribution < -0.4 is 4.74 Å². The van der Waals surface area contributed by atoms with Crippen molar-refractivity contribution in [3.05, 3.63) is 28.9 Å². The number of piperidine rings is 1. The van der Waals surface area contributed by atoms with Crippen molar-refractivity contribution in [2.24, 2.45) is 5.92 Å². The van der Waals surface area contributed by atoms with Crippen molar-refractivity contribution in [1.29, 1.82) is 0 Å². The number of halogens is 1. The lowest BCUT2D eigenvalue weighted by Gasteiger charge is -2.32. The Bertz CT molecular complexity index is 915. The van der Waals surface area contributed by atoms with Crippen LogP contribution in [0.15, 0.2) is 18.2 Å². The fraction of sp³-hybridized carbons (Fsp3) is 0.524. The summed E-state index contributed by atoms with van der Waals surface area (Å²) in [6.45, 7) is 6.02. The molecule has 0 radical (unpaired) electrons. The lowest BCUT2D eigenvalue weighted by atomic mass is 9.97. The number of rotatable bonds is 4. The first-order chi connectivity index (χ1) is 13.5. The molecule has 0 aliphatic carbocycles. The van der Waals surface area contributed by atoms with Gasteiger partial charge in [-0.05, 0) is 44.4 Å². The van der Waals surface area contributed by atoms with Gasteiger partial charge in [0.1, 0.15) is 17.5 Å². The van der Waals surface area contributed by atoms with Gasteiger partial charge in [-0.3, -0.25) is 9.59 Å². The second-order valence-corrected chi connectivity index (χ2v) is 7.82. The van der Waals surface area contributed by atoms with Crippen LogP contribution in [0.1, 0.15) is 43.6 Å². The standard InChI is InChI=1S/C21H25ClN2O4/c1-3-14-12-24-17(11-15-16(22)5-6-18(28-14)19(15)24)20(25)23-9-7-13(8-10-23)21(26)27-4-2/h5-6,11,13-14H,3-4,7-10,12H2,1-2H3. The van der Waals surface area contributed by atoms with Crippen LogP contribution in [-0.4, -0.2) is 47.1 Å². The SMILES string of the molecule is CCOC(=O)C1CCN(C(=O)c2cc3c(Cl)ccc4c3n2CC(CC)O4)CC1. The molecular formula is C21H25ClN2O4. The van der Waals surface area contributed by atoms with E-state index in [-0.39, 0.29) is 23.9 Å². The molecule has 1 amide bonds. The van der Waals surface area contributed by atoms with Gasteiger partial charge in [0.05, 0.1) is 29.6 Å². The third-order valence-corrected chi connectivity index (χ3v) is 6.05. The zero-order valence-electron chi connectivity index (χ0n) is 16.2. The molecule has 0 saturated carbocycles. The van der Waals surface area contributed by atoms with E-state index < -0.39 is 0 Å². The number of carbonyl (C=O) groups excluding carboxylic acids is 2. The maximum atomic E-state index is 13.3. The Morgan fingerprint density at radius 1 is 1.25 bits per heavy atom. The van der Waals surface area contributed by atoms with Crippen molar-refractivity contribution >= 4 is 34.4 Å². The largest absolute Gasteiger partial charge is 0.486 e. The summed E-state index contributed by atoms with van der Waals surface area (Å²) in [5.74, 6) is 0.486. The van der Waals surface area contributed by atoms with Crippen LogP contribution >= 0.6 is 11.6 Å². The van der Waals surface area contributed by atoms with Crippen LogP contribution in [0.3, 0.4) is 0 Å². The summed E-state index contributed by atoms with van der Waals surface area (Å²) in [5, 5.41) is 1.46. The second kappa shape index (κ2) is 7.66. The Hall–Kier alpha value is -2.21. The van der Waals surface area contributed by atoms with Crippen LogP contribution in [-0.2, 0) is 16.1 Å². The maximum Gasteiger partial charge on any atom is 0.309 e. The first-order valence-electron chi connectivity index (χ1n) is 9.97. The van der Waals surface area contributed by atoms with E-state index >= 15 is 0 Å². The first kappa shape index (κ1) is 19.1. The fourth-order valence-corrected chi connectivity index (χ4v) is 4.36. The van der Waals surface area contributed by atoms with Crippen LogP contribution in [0, 0.1) is 5.92 Å². The number of amides is 1. The van der Waals surface area contributed by atoms with Crippen molar-refractivity contribution < 1.29 is 19.1 Å². The van der Waals surface area contributed by atoms with E-state index in [1.54, 1.807) is 0 Å². The third kappa shape index (κ3) is 3.24. The molecule has 4 rings (SSSR count). The summed E-state index contributed by atoms with van der Waals surface area (Å²) in [6, 6.07) is 5.57. The van der Waals surface area contributed by atoms with Crippen molar-refractivity contribution in [2.45, 2.75) is 45.8 Å². The van der Waals surface area contributed by atoms with Gasteiger partial charge in [-0.2, -0.15) is 0 Å².